The maximum absolute atomic E-state index is 15.0. The number of nitrogens with zero attached hydrogens (tertiary/aromatic N) is 3. The normalized spacial score (nSPS) is 15.0. The van der Waals surface area contributed by atoms with E-state index in [0.29, 0.717) is 15.2 Å². The molecule has 32 heavy (non-hydrogen) atoms. The van der Waals surface area contributed by atoms with Gasteiger partial charge in [0.15, 0.2) is 5.13 Å². The molecular formula is C21H19ClFN5O2S2. The van der Waals surface area contributed by atoms with Gasteiger partial charge >= 0.3 is 0 Å². The number of halogens is 2. The Morgan fingerprint density at radius 2 is 2.16 bits per heavy atom. The van der Waals surface area contributed by atoms with Crippen molar-refractivity contribution in [3.8, 4) is 0 Å². The molecule has 1 aliphatic heterocycles. The Morgan fingerprint density at radius 3 is 2.94 bits per heavy atom. The Balaban J connectivity index is 1.53. The van der Waals surface area contributed by atoms with E-state index in [1.807, 2.05) is 13.0 Å². The Bertz CT molecular complexity index is 1430. The van der Waals surface area contributed by atoms with E-state index in [0.717, 1.165) is 36.4 Å². The van der Waals surface area contributed by atoms with Gasteiger partial charge in [-0.1, -0.05) is 41.1 Å². The van der Waals surface area contributed by atoms with E-state index >= 15 is 4.39 Å². The van der Waals surface area contributed by atoms with Crippen LogP contribution in [0.1, 0.15) is 29.7 Å². The van der Waals surface area contributed by atoms with Gasteiger partial charge in [0.1, 0.15) is 15.0 Å². The monoisotopic (exact) mass is 491 g/mol. The van der Waals surface area contributed by atoms with Gasteiger partial charge in [0.25, 0.3) is 10.0 Å². The van der Waals surface area contributed by atoms with Gasteiger partial charge in [-0.25, -0.2) is 17.8 Å². The van der Waals surface area contributed by atoms with Crippen LogP contribution in [0.3, 0.4) is 0 Å². The summed E-state index contributed by atoms with van der Waals surface area (Å²) in [5.41, 5.74) is 4.17. The number of aromatic nitrogens is 3. The molecule has 166 valence electrons. The molecule has 3 heterocycles. The summed E-state index contributed by atoms with van der Waals surface area (Å²) in [5.74, 6) is -0.863. The summed E-state index contributed by atoms with van der Waals surface area (Å²) in [4.78, 5) is 3.40. The van der Waals surface area contributed by atoms with Crippen molar-refractivity contribution in [1.29, 1.82) is 0 Å². The van der Waals surface area contributed by atoms with Gasteiger partial charge < -0.3 is 5.32 Å². The fourth-order valence-corrected chi connectivity index (χ4v) is 6.25. The van der Waals surface area contributed by atoms with Gasteiger partial charge in [0.2, 0.25) is 0 Å². The van der Waals surface area contributed by atoms with Crippen molar-refractivity contribution >= 4 is 49.0 Å². The number of hydrogen-bond donors (Lipinski definition) is 2. The average molecular weight is 492 g/mol. The lowest BCUT2D eigenvalue weighted by Crippen LogP contribution is -2.26. The van der Waals surface area contributed by atoms with Crippen LogP contribution in [0.5, 0.6) is 0 Å². The van der Waals surface area contributed by atoms with E-state index in [1.165, 1.54) is 29.5 Å². The van der Waals surface area contributed by atoms with Crippen LogP contribution in [0.4, 0.5) is 9.52 Å². The first-order valence-electron chi connectivity index (χ1n) is 9.96. The Hall–Kier alpha value is -2.53. The standard InChI is InChI=1S/C21H19ClFN5O2S2/c1-12(15-4-2-3-13-5-6-24-10-16(13)15)28-18-8-17(23)19(7-14(18)9-26-28)32(29,30)27-21-25-11-20(22)31-21/h2-4,7-9,11-12,24H,5-6,10H2,1H3,(H,25,27). The van der Waals surface area contributed by atoms with E-state index in [9.17, 15) is 8.42 Å². The van der Waals surface area contributed by atoms with Gasteiger partial charge in [-0.2, -0.15) is 5.10 Å². The number of thiazole rings is 1. The number of rotatable bonds is 5. The molecule has 2 aromatic carbocycles. The van der Waals surface area contributed by atoms with Crippen LogP contribution in [-0.4, -0.2) is 29.7 Å². The molecule has 5 rings (SSSR count). The molecule has 4 aromatic rings. The molecule has 1 aliphatic rings. The highest BCUT2D eigenvalue weighted by atomic mass is 35.5. The zero-order valence-corrected chi connectivity index (χ0v) is 19.4. The quantitative estimate of drug-likeness (QED) is 0.433. The van der Waals surface area contributed by atoms with Crippen LogP contribution in [0.15, 0.2) is 47.6 Å². The number of sulfonamides is 1. The summed E-state index contributed by atoms with van der Waals surface area (Å²) in [5, 5.41) is 8.45. The van der Waals surface area contributed by atoms with Crippen molar-refractivity contribution in [1.82, 2.24) is 20.1 Å². The van der Waals surface area contributed by atoms with Crippen LogP contribution < -0.4 is 10.0 Å². The predicted molar refractivity (Wildman–Crippen MR) is 123 cm³/mol. The van der Waals surface area contributed by atoms with Gasteiger partial charge in [-0.05, 0) is 42.6 Å². The average Bonchev–Trinajstić information content (AvgIpc) is 3.37. The molecule has 1 unspecified atom stereocenters. The molecule has 0 fully saturated rings. The van der Waals surface area contributed by atoms with E-state index in [-0.39, 0.29) is 11.2 Å². The van der Waals surface area contributed by atoms with Crippen molar-refractivity contribution in [2.45, 2.75) is 30.8 Å². The molecule has 0 amide bonds. The first-order valence-corrected chi connectivity index (χ1v) is 12.6. The summed E-state index contributed by atoms with van der Waals surface area (Å²) in [6.07, 6.45) is 3.84. The van der Waals surface area contributed by atoms with Crippen molar-refractivity contribution in [2.24, 2.45) is 0 Å². The van der Waals surface area contributed by atoms with Crippen LogP contribution in [0.2, 0.25) is 4.34 Å². The molecule has 0 radical (unpaired) electrons. The zero-order valence-electron chi connectivity index (χ0n) is 17.0. The minimum atomic E-state index is -4.18. The van der Waals surface area contributed by atoms with E-state index in [1.54, 1.807) is 10.9 Å². The van der Waals surface area contributed by atoms with Crippen molar-refractivity contribution in [2.75, 3.05) is 11.3 Å². The molecule has 2 aromatic heterocycles. The van der Waals surface area contributed by atoms with Crippen LogP contribution in [0.25, 0.3) is 10.9 Å². The Morgan fingerprint density at radius 1 is 1.31 bits per heavy atom. The number of fused-ring (bicyclic) bond motifs is 2. The molecule has 11 heteroatoms. The number of nitrogens with one attached hydrogen (secondary N) is 2. The zero-order chi connectivity index (χ0) is 22.5. The van der Waals surface area contributed by atoms with Crippen molar-refractivity contribution < 1.29 is 12.8 Å². The highest BCUT2D eigenvalue weighted by Crippen LogP contribution is 2.31. The second kappa shape index (κ2) is 8.11. The topological polar surface area (TPSA) is 88.9 Å². The fraction of sp³-hybridized carbons (Fsp3) is 0.238. The van der Waals surface area contributed by atoms with Crippen molar-refractivity contribution in [3.05, 3.63) is 69.6 Å². The summed E-state index contributed by atoms with van der Waals surface area (Å²) >= 11 is 6.76. The number of anilines is 1. The maximum Gasteiger partial charge on any atom is 0.266 e. The SMILES string of the molecule is CC(c1cccc2c1CNCC2)n1ncc2cc(S(=O)(=O)Nc3ncc(Cl)s3)c(F)cc21. The minimum absolute atomic E-state index is 0.0706. The molecule has 2 N–H and O–H groups in total. The number of hydrogen-bond acceptors (Lipinski definition) is 6. The smallest absolute Gasteiger partial charge is 0.266 e. The summed E-state index contributed by atoms with van der Waals surface area (Å²) in [7, 11) is -4.18. The highest BCUT2D eigenvalue weighted by molar-refractivity contribution is 7.93. The third-order valence-electron chi connectivity index (χ3n) is 5.64. The highest BCUT2D eigenvalue weighted by Gasteiger charge is 2.24. The van der Waals surface area contributed by atoms with Crippen LogP contribution in [-0.2, 0) is 23.0 Å². The largest absolute Gasteiger partial charge is 0.312 e. The molecule has 0 saturated heterocycles. The Kier molecular flexibility index (Phi) is 5.40. The van der Waals surface area contributed by atoms with E-state index in [2.05, 4.69) is 32.3 Å². The van der Waals surface area contributed by atoms with E-state index in [4.69, 9.17) is 11.6 Å². The molecule has 0 saturated carbocycles. The molecule has 7 nitrogen and oxygen atoms in total. The summed E-state index contributed by atoms with van der Waals surface area (Å²) in [6.45, 7) is 3.73. The van der Waals surface area contributed by atoms with Crippen molar-refractivity contribution in [3.63, 3.8) is 0 Å². The third kappa shape index (κ3) is 3.77. The second-order valence-electron chi connectivity index (χ2n) is 7.59. The summed E-state index contributed by atoms with van der Waals surface area (Å²) < 4.78 is 44.8. The van der Waals surface area contributed by atoms with Crippen LogP contribution >= 0.6 is 22.9 Å². The summed E-state index contributed by atoms with van der Waals surface area (Å²) in [6, 6.07) is 8.58. The van der Waals surface area contributed by atoms with Gasteiger partial charge in [0.05, 0.1) is 24.0 Å². The number of benzene rings is 2. The van der Waals surface area contributed by atoms with Crippen LogP contribution in [0, 0.1) is 5.82 Å². The molecule has 0 bridgehead atoms. The molecule has 0 aliphatic carbocycles. The first kappa shape index (κ1) is 21.3. The third-order valence-corrected chi connectivity index (χ3v) is 8.15. The van der Waals surface area contributed by atoms with Gasteiger partial charge in [-0.15, -0.1) is 0 Å². The fourth-order valence-electron chi connectivity index (χ4n) is 4.10. The lowest BCUT2D eigenvalue weighted by Gasteiger charge is -2.24. The van der Waals surface area contributed by atoms with Gasteiger partial charge in [-0.3, -0.25) is 9.40 Å². The maximum atomic E-state index is 15.0. The second-order valence-corrected chi connectivity index (χ2v) is 10.9. The predicted octanol–water partition coefficient (Wildman–Crippen LogP) is 4.34. The molecular weight excluding hydrogens is 473 g/mol. The molecule has 1 atom stereocenters. The van der Waals surface area contributed by atoms with Gasteiger partial charge in [0, 0.05) is 18.0 Å². The molecule has 0 spiro atoms. The Labute approximate surface area is 193 Å². The van der Waals surface area contributed by atoms with E-state index < -0.39 is 20.7 Å². The minimum Gasteiger partial charge on any atom is -0.312 e. The lowest BCUT2D eigenvalue weighted by atomic mass is 9.92. The lowest BCUT2D eigenvalue weighted by molar-refractivity contribution is 0.556. The first-order chi connectivity index (χ1) is 15.3.